The van der Waals surface area contributed by atoms with Gasteiger partial charge in [0.25, 0.3) is 5.91 Å². The first-order chi connectivity index (χ1) is 13.6. The Morgan fingerprint density at radius 3 is 2.68 bits per heavy atom. The zero-order valence-electron chi connectivity index (χ0n) is 15.9. The number of benzene rings is 2. The van der Waals surface area contributed by atoms with E-state index in [9.17, 15) is 9.18 Å². The van der Waals surface area contributed by atoms with Crippen LogP contribution in [-0.4, -0.2) is 23.6 Å². The van der Waals surface area contributed by atoms with Crippen LogP contribution in [0.15, 0.2) is 54.7 Å². The first kappa shape index (κ1) is 19.6. The van der Waals surface area contributed by atoms with Gasteiger partial charge in [-0.1, -0.05) is 26.0 Å². The fourth-order valence-corrected chi connectivity index (χ4v) is 2.81. The second-order valence-electron chi connectivity index (χ2n) is 6.29. The van der Waals surface area contributed by atoms with Crippen molar-refractivity contribution in [3.05, 3.63) is 60.5 Å². The maximum Gasteiger partial charge on any atom is 0.265 e. The molecule has 0 radical (unpaired) electrons. The Kier molecular flexibility index (Phi) is 6.42. The number of ether oxygens (including phenoxy) is 2. The van der Waals surface area contributed by atoms with Crippen molar-refractivity contribution in [1.29, 1.82) is 0 Å². The minimum Gasteiger partial charge on any atom is -0.491 e. The second-order valence-corrected chi connectivity index (χ2v) is 6.29. The molecule has 6 heteroatoms. The van der Waals surface area contributed by atoms with Crippen LogP contribution in [0.25, 0.3) is 10.9 Å². The maximum absolute atomic E-state index is 13.9. The molecule has 3 rings (SSSR count). The molecule has 0 aliphatic heterocycles. The fourth-order valence-electron chi connectivity index (χ4n) is 2.81. The number of fused-ring (bicyclic) bond motifs is 1. The standard InChI is InChI=1S/C22H23FN2O3/c1-3-14-27-20-12-11-17(15-8-7-13-24-21(15)20)25-22(26)18(4-2)28-19-10-6-5-9-16(19)23/h5-13,18H,3-4,14H2,1-2H3,(H,25,26)/t18-/m0/s1. The molecule has 0 spiro atoms. The van der Waals surface area contributed by atoms with E-state index in [2.05, 4.69) is 10.3 Å². The van der Waals surface area contributed by atoms with Crippen LogP contribution in [0.2, 0.25) is 0 Å². The number of anilines is 1. The minimum absolute atomic E-state index is 0.0549. The van der Waals surface area contributed by atoms with Gasteiger partial charge in [0, 0.05) is 11.6 Å². The Hall–Kier alpha value is -3.15. The van der Waals surface area contributed by atoms with Gasteiger partial charge >= 0.3 is 0 Å². The summed E-state index contributed by atoms with van der Waals surface area (Å²) in [5, 5.41) is 3.65. The summed E-state index contributed by atoms with van der Waals surface area (Å²) in [5.41, 5.74) is 1.28. The molecule has 1 amide bonds. The number of aromatic nitrogens is 1. The van der Waals surface area contributed by atoms with E-state index < -0.39 is 11.9 Å². The molecule has 0 unspecified atom stereocenters. The fraction of sp³-hybridized carbons (Fsp3) is 0.273. The SMILES string of the molecule is CCCOc1ccc(NC(=O)[C@H](CC)Oc2ccccc2F)c2cccnc12. The second kappa shape index (κ2) is 9.17. The van der Waals surface area contributed by atoms with Crippen LogP contribution >= 0.6 is 0 Å². The lowest BCUT2D eigenvalue weighted by molar-refractivity contribution is -0.122. The van der Waals surface area contributed by atoms with Gasteiger partial charge in [-0.3, -0.25) is 9.78 Å². The minimum atomic E-state index is -0.820. The number of para-hydroxylation sites is 1. The quantitative estimate of drug-likeness (QED) is 0.598. The van der Waals surface area contributed by atoms with Gasteiger partial charge in [0.05, 0.1) is 12.3 Å². The number of halogens is 1. The van der Waals surface area contributed by atoms with Crippen LogP contribution in [0.1, 0.15) is 26.7 Å². The zero-order valence-corrected chi connectivity index (χ0v) is 15.9. The molecular formula is C22H23FN2O3. The van der Waals surface area contributed by atoms with Crippen LogP contribution in [0.5, 0.6) is 11.5 Å². The number of pyridine rings is 1. The van der Waals surface area contributed by atoms with E-state index in [1.54, 1.807) is 36.5 Å². The van der Waals surface area contributed by atoms with Gasteiger partial charge in [-0.05, 0) is 49.2 Å². The lowest BCUT2D eigenvalue weighted by Gasteiger charge is -2.18. The van der Waals surface area contributed by atoms with Crippen LogP contribution < -0.4 is 14.8 Å². The molecule has 146 valence electrons. The average Bonchev–Trinajstić information content (AvgIpc) is 2.72. The molecule has 1 aromatic heterocycles. The highest BCUT2D eigenvalue weighted by atomic mass is 19.1. The van der Waals surface area contributed by atoms with Gasteiger partial charge in [0.15, 0.2) is 17.7 Å². The van der Waals surface area contributed by atoms with E-state index in [1.807, 2.05) is 19.9 Å². The molecule has 1 N–H and O–H groups in total. The number of rotatable bonds is 8. The third-order valence-corrected chi connectivity index (χ3v) is 4.22. The van der Waals surface area contributed by atoms with Crippen molar-refractivity contribution in [2.24, 2.45) is 0 Å². The summed E-state index contributed by atoms with van der Waals surface area (Å²) in [4.78, 5) is 17.1. The van der Waals surface area contributed by atoms with Gasteiger partial charge in [0.1, 0.15) is 11.3 Å². The van der Waals surface area contributed by atoms with E-state index in [1.165, 1.54) is 12.1 Å². The van der Waals surface area contributed by atoms with E-state index in [0.29, 0.717) is 30.0 Å². The number of nitrogens with zero attached hydrogens (tertiary/aromatic N) is 1. The highest BCUT2D eigenvalue weighted by molar-refractivity contribution is 6.04. The first-order valence-corrected chi connectivity index (χ1v) is 9.36. The van der Waals surface area contributed by atoms with Crippen molar-refractivity contribution >= 4 is 22.5 Å². The van der Waals surface area contributed by atoms with E-state index in [0.717, 1.165) is 11.8 Å². The Morgan fingerprint density at radius 2 is 1.93 bits per heavy atom. The molecule has 0 bridgehead atoms. The summed E-state index contributed by atoms with van der Waals surface area (Å²) in [6.07, 6.45) is 2.15. The van der Waals surface area contributed by atoms with Crippen LogP contribution in [0.4, 0.5) is 10.1 Å². The van der Waals surface area contributed by atoms with Crippen molar-refractivity contribution in [2.45, 2.75) is 32.8 Å². The summed E-state index contributed by atoms with van der Waals surface area (Å²) >= 11 is 0. The van der Waals surface area contributed by atoms with Crippen LogP contribution in [-0.2, 0) is 4.79 Å². The summed E-state index contributed by atoms with van der Waals surface area (Å²) in [7, 11) is 0. The summed E-state index contributed by atoms with van der Waals surface area (Å²) in [5.74, 6) is -0.122. The Labute approximate surface area is 163 Å². The van der Waals surface area contributed by atoms with Crippen molar-refractivity contribution in [2.75, 3.05) is 11.9 Å². The molecule has 1 atom stereocenters. The maximum atomic E-state index is 13.9. The highest BCUT2D eigenvalue weighted by Gasteiger charge is 2.21. The average molecular weight is 382 g/mol. The van der Waals surface area contributed by atoms with Gasteiger partial charge in [-0.15, -0.1) is 0 Å². The number of hydrogen-bond donors (Lipinski definition) is 1. The molecule has 0 fully saturated rings. The monoisotopic (exact) mass is 382 g/mol. The highest BCUT2D eigenvalue weighted by Crippen LogP contribution is 2.30. The Bertz CT molecular complexity index is 961. The van der Waals surface area contributed by atoms with Crippen molar-refractivity contribution in [3.63, 3.8) is 0 Å². The van der Waals surface area contributed by atoms with Crippen LogP contribution in [0.3, 0.4) is 0 Å². The van der Waals surface area contributed by atoms with Gasteiger partial charge in [-0.2, -0.15) is 0 Å². The summed E-state index contributed by atoms with van der Waals surface area (Å²) < 4.78 is 25.2. The number of hydrogen-bond acceptors (Lipinski definition) is 4. The summed E-state index contributed by atoms with van der Waals surface area (Å²) in [6, 6.07) is 13.3. The lowest BCUT2D eigenvalue weighted by atomic mass is 10.1. The predicted octanol–water partition coefficient (Wildman–Crippen LogP) is 4.96. The Morgan fingerprint density at radius 1 is 1.11 bits per heavy atom. The normalized spacial score (nSPS) is 11.8. The van der Waals surface area contributed by atoms with E-state index in [4.69, 9.17) is 9.47 Å². The molecule has 5 nitrogen and oxygen atoms in total. The molecule has 0 aliphatic carbocycles. The Balaban J connectivity index is 1.83. The molecule has 0 aliphatic rings. The molecule has 0 saturated heterocycles. The van der Waals surface area contributed by atoms with E-state index >= 15 is 0 Å². The molecular weight excluding hydrogens is 359 g/mol. The van der Waals surface area contributed by atoms with Crippen molar-refractivity contribution < 1.29 is 18.7 Å². The van der Waals surface area contributed by atoms with Crippen LogP contribution in [0, 0.1) is 5.82 Å². The van der Waals surface area contributed by atoms with Gasteiger partial charge in [-0.25, -0.2) is 4.39 Å². The number of nitrogens with one attached hydrogen (secondary N) is 1. The number of carbonyl (C=O) groups excluding carboxylic acids is 1. The molecule has 0 saturated carbocycles. The number of carbonyl (C=O) groups is 1. The van der Waals surface area contributed by atoms with Crippen molar-refractivity contribution in [3.8, 4) is 11.5 Å². The first-order valence-electron chi connectivity index (χ1n) is 9.36. The third-order valence-electron chi connectivity index (χ3n) is 4.22. The number of amides is 1. The molecule has 2 aromatic carbocycles. The third kappa shape index (κ3) is 4.39. The van der Waals surface area contributed by atoms with Crippen molar-refractivity contribution in [1.82, 2.24) is 4.98 Å². The lowest BCUT2D eigenvalue weighted by Crippen LogP contribution is -2.32. The van der Waals surface area contributed by atoms with Gasteiger partial charge < -0.3 is 14.8 Å². The van der Waals surface area contributed by atoms with E-state index in [-0.39, 0.29) is 11.7 Å². The largest absolute Gasteiger partial charge is 0.491 e. The van der Waals surface area contributed by atoms with Gasteiger partial charge in [0.2, 0.25) is 0 Å². The zero-order chi connectivity index (χ0) is 19.9. The topological polar surface area (TPSA) is 60.5 Å². The summed E-state index contributed by atoms with van der Waals surface area (Å²) in [6.45, 7) is 4.43. The predicted molar refractivity (Wildman–Crippen MR) is 107 cm³/mol. The molecule has 1 heterocycles. The molecule has 3 aromatic rings. The smallest absolute Gasteiger partial charge is 0.265 e. The molecule has 28 heavy (non-hydrogen) atoms.